The second-order valence-electron chi connectivity index (χ2n) is 6.85. The molecule has 29 heavy (non-hydrogen) atoms. The van der Waals surface area contributed by atoms with E-state index in [1.165, 1.54) is 10.5 Å². The molecule has 1 amide bonds. The Hall–Kier alpha value is -2.27. The molecule has 1 fully saturated rings. The summed E-state index contributed by atoms with van der Waals surface area (Å²) >= 11 is 5.90. The maximum atomic E-state index is 12.3. The summed E-state index contributed by atoms with van der Waals surface area (Å²) in [5.74, 6) is 5.56. The first-order valence-corrected chi connectivity index (χ1v) is 11.3. The number of nitrogens with zero attached hydrogens (tertiary/aromatic N) is 4. The lowest BCUT2D eigenvalue weighted by molar-refractivity contribution is 0.0953. The van der Waals surface area contributed by atoms with Crippen LogP contribution in [0.25, 0.3) is 0 Å². The molecule has 3 N–H and O–H groups in total. The average molecular weight is 439 g/mol. The SMILES string of the molecule is CS(=O)(=O)N(Cc1ccc(Cl)cc1)Cc1ncc(C(=O)NN)c(N2CCCC2)n1. The third-order valence-electron chi connectivity index (χ3n) is 4.66. The highest BCUT2D eigenvalue weighted by molar-refractivity contribution is 7.88. The number of rotatable bonds is 7. The van der Waals surface area contributed by atoms with Crippen LogP contribution in [-0.4, -0.2) is 47.9 Å². The minimum absolute atomic E-state index is 0.0210. The normalized spacial score (nSPS) is 14.4. The maximum absolute atomic E-state index is 12.3. The van der Waals surface area contributed by atoms with E-state index in [1.807, 2.05) is 4.90 Å². The summed E-state index contributed by atoms with van der Waals surface area (Å²) in [6, 6.07) is 6.95. The topological polar surface area (TPSA) is 122 Å². The third-order valence-corrected chi connectivity index (χ3v) is 6.11. The van der Waals surface area contributed by atoms with E-state index in [9.17, 15) is 13.2 Å². The number of hydrogen-bond donors (Lipinski definition) is 2. The van der Waals surface area contributed by atoms with E-state index < -0.39 is 15.9 Å². The summed E-state index contributed by atoms with van der Waals surface area (Å²) in [6.45, 7) is 1.67. The number of hydrazine groups is 1. The Balaban J connectivity index is 1.89. The molecule has 1 aliphatic heterocycles. The number of carbonyl (C=O) groups excluding carboxylic acids is 1. The Labute approximate surface area is 174 Å². The molecule has 2 heterocycles. The van der Waals surface area contributed by atoms with Crippen molar-refractivity contribution in [2.45, 2.75) is 25.9 Å². The van der Waals surface area contributed by atoms with Gasteiger partial charge in [-0.15, -0.1) is 0 Å². The number of amides is 1. The van der Waals surface area contributed by atoms with Crippen molar-refractivity contribution in [2.24, 2.45) is 5.84 Å². The van der Waals surface area contributed by atoms with Crippen LogP contribution in [0.1, 0.15) is 34.6 Å². The van der Waals surface area contributed by atoms with Gasteiger partial charge in [0.05, 0.1) is 12.8 Å². The van der Waals surface area contributed by atoms with Gasteiger partial charge in [-0.1, -0.05) is 23.7 Å². The second-order valence-corrected chi connectivity index (χ2v) is 9.27. The molecule has 0 saturated carbocycles. The molecule has 1 saturated heterocycles. The fraction of sp³-hybridized carbons (Fsp3) is 0.389. The van der Waals surface area contributed by atoms with Crippen LogP contribution in [-0.2, 0) is 23.1 Å². The zero-order valence-corrected chi connectivity index (χ0v) is 17.6. The summed E-state index contributed by atoms with van der Waals surface area (Å²) < 4.78 is 25.9. The number of sulfonamides is 1. The number of aromatic nitrogens is 2. The van der Waals surface area contributed by atoms with Gasteiger partial charge in [0, 0.05) is 30.9 Å². The highest BCUT2D eigenvalue weighted by Crippen LogP contribution is 2.23. The van der Waals surface area contributed by atoms with Crippen LogP contribution in [0.2, 0.25) is 5.02 Å². The highest BCUT2D eigenvalue weighted by atomic mass is 35.5. The van der Waals surface area contributed by atoms with E-state index in [1.54, 1.807) is 24.3 Å². The summed E-state index contributed by atoms with van der Waals surface area (Å²) in [4.78, 5) is 22.8. The molecule has 0 bridgehead atoms. The van der Waals surface area contributed by atoms with Gasteiger partial charge in [0.15, 0.2) is 0 Å². The molecule has 2 aromatic rings. The van der Waals surface area contributed by atoms with Crippen LogP contribution >= 0.6 is 11.6 Å². The lowest BCUT2D eigenvalue weighted by Crippen LogP contribution is -2.34. The van der Waals surface area contributed by atoms with Crippen LogP contribution in [0.15, 0.2) is 30.5 Å². The largest absolute Gasteiger partial charge is 0.356 e. The maximum Gasteiger partial charge on any atom is 0.270 e. The van der Waals surface area contributed by atoms with E-state index in [4.69, 9.17) is 17.4 Å². The van der Waals surface area contributed by atoms with Gasteiger partial charge in [-0.25, -0.2) is 24.2 Å². The van der Waals surface area contributed by atoms with Gasteiger partial charge in [-0.05, 0) is 30.5 Å². The summed E-state index contributed by atoms with van der Waals surface area (Å²) in [5.41, 5.74) is 3.16. The van der Waals surface area contributed by atoms with Crippen molar-refractivity contribution in [1.82, 2.24) is 19.7 Å². The number of hydrogen-bond acceptors (Lipinski definition) is 7. The lowest BCUT2D eigenvalue weighted by Gasteiger charge is -2.22. The summed E-state index contributed by atoms with van der Waals surface area (Å²) in [5, 5.41) is 0.576. The zero-order chi connectivity index (χ0) is 21.0. The Kier molecular flexibility index (Phi) is 6.68. The molecule has 3 rings (SSSR count). The van der Waals surface area contributed by atoms with Crippen LogP contribution in [0.4, 0.5) is 5.82 Å². The first-order valence-electron chi connectivity index (χ1n) is 9.09. The quantitative estimate of drug-likeness (QED) is 0.379. The Morgan fingerprint density at radius 3 is 2.48 bits per heavy atom. The van der Waals surface area contributed by atoms with Crippen LogP contribution < -0.4 is 16.2 Å². The van der Waals surface area contributed by atoms with Gasteiger partial charge in [0.1, 0.15) is 17.2 Å². The molecular weight excluding hydrogens is 416 g/mol. The van der Waals surface area contributed by atoms with Crippen molar-refractivity contribution in [2.75, 3.05) is 24.2 Å². The van der Waals surface area contributed by atoms with Gasteiger partial charge < -0.3 is 4.90 Å². The minimum atomic E-state index is -3.53. The monoisotopic (exact) mass is 438 g/mol. The van der Waals surface area contributed by atoms with E-state index in [0.29, 0.717) is 16.7 Å². The predicted octanol–water partition coefficient (Wildman–Crippen LogP) is 1.30. The molecule has 0 aliphatic carbocycles. The van der Waals surface area contributed by atoms with Crippen molar-refractivity contribution >= 4 is 33.3 Å². The van der Waals surface area contributed by atoms with E-state index in [2.05, 4.69) is 15.4 Å². The molecule has 0 unspecified atom stereocenters. The molecule has 156 valence electrons. The van der Waals surface area contributed by atoms with E-state index in [0.717, 1.165) is 37.8 Å². The second kappa shape index (κ2) is 9.04. The fourth-order valence-corrected chi connectivity index (χ4v) is 3.99. The molecule has 1 aromatic heterocycles. The van der Waals surface area contributed by atoms with Gasteiger partial charge in [-0.2, -0.15) is 4.31 Å². The van der Waals surface area contributed by atoms with Gasteiger partial charge in [-0.3, -0.25) is 10.2 Å². The predicted molar refractivity (Wildman–Crippen MR) is 111 cm³/mol. The van der Waals surface area contributed by atoms with Crippen molar-refractivity contribution in [3.8, 4) is 0 Å². The van der Waals surface area contributed by atoms with Crippen molar-refractivity contribution < 1.29 is 13.2 Å². The number of carbonyl (C=O) groups is 1. The summed E-state index contributed by atoms with van der Waals surface area (Å²) in [7, 11) is -3.53. The van der Waals surface area contributed by atoms with Gasteiger partial charge in [0.25, 0.3) is 5.91 Å². The van der Waals surface area contributed by atoms with E-state index in [-0.39, 0.29) is 18.7 Å². The number of anilines is 1. The first kappa shape index (κ1) is 21.4. The number of nitrogen functional groups attached to an aromatic ring is 1. The molecule has 1 aromatic carbocycles. The lowest BCUT2D eigenvalue weighted by atomic mass is 10.2. The van der Waals surface area contributed by atoms with Crippen molar-refractivity contribution in [3.05, 3.63) is 52.4 Å². The average Bonchev–Trinajstić information content (AvgIpc) is 3.22. The third kappa shape index (κ3) is 5.41. The number of halogens is 1. The Morgan fingerprint density at radius 2 is 1.90 bits per heavy atom. The molecule has 11 heteroatoms. The number of nitrogens with one attached hydrogen (secondary N) is 1. The molecule has 1 aliphatic rings. The number of nitrogens with two attached hydrogens (primary N) is 1. The highest BCUT2D eigenvalue weighted by Gasteiger charge is 2.24. The van der Waals surface area contributed by atoms with Crippen LogP contribution in [0, 0.1) is 0 Å². The van der Waals surface area contributed by atoms with Gasteiger partial charge in [0.2, 0.25) is 10.0 Å². The number of benzene rings is 1. The van der Waals surface area contributed by atoms with Crippen molar-refractivity contribution in [3.63, 3.8) is 0 Å². The van der Waals surface area contributed by atoms with Crippen LogP contribution in [0.3, 0.4) is 0 Å². The fourth-order valence-electron chi connectivity index (χ4n) is 3.13. The summed E-state index contributed by atoms with van der Waals surface area (Å²) in [6.07, 6.45) is 4.52. The molecule has 9 nitrogen and oxygen atoms in total. The minimum Gasteiger partial charge on any atom is -0.356 e. The smallest absolute Gasteiger partial charge is 0.270 e. The molecule has 0 atom stereocenters. The van der Waals surface area contributed by atoms with Crippen molar-refractivity contribution in [1.29, 1.82) is 0 Å². The zero-order valence-electron chi connectivity index (χ0n) is 16.0. The Bertz CT molecular complexity index is 978. The molecular formula is C18H23ClN6O3S. The molecule has 0 spiro atoms. The standard InChI is InChI=1S/C18H23ClN6O3S/c1-29(27,28)25(11-13-4-6-14(19)7-5-13)12-16-21-10-15(18(26)23-20)17(22-16)24-8-2-3-9-24/h4-7,10H,2-3,8-9,11-12,20H2,1H3,(H,23,26). The van der Waals surface area contributed by atoms with Gasteiger partial charge >= 0.3 is 0 Å². The van der Waals surface area contributed by atoms with E-state index >= 15 is 0 Å². The Morgan fingerprint density at radius 1 is 1.24 bits per heavy atom. The first-order chi connectivity index (χ1) is 13.8. The van der Waals surface area contributed by atoms with Crippen LogP contribution in [0.5, 0.6) is 0 Å². The molecule has 0 radical (unpaired) electrons.